The van der Waals surface area contributed by atoms with Gasteiger partial charge in [-0.2, -0.15) is 10.1 Å². The Kier molecular flexibility index (Phi) is 13.7. The fraction of sp³-hybridized carbons (Fsp3) is 0.346. The van der Waals surface area contributed by atoms with E-state index in [1.54, 1.807) is 37.6 Å². The molecule has 0 bridgehead atoms. The third-order valence-electron chi connectivity index (χ3n) is 11.8. The number of methoxy groups -OCH3 is 2. The van der Waals surface area contributed by atoms with E-state index < -0.39 is 11.1 Å². The highest BCUT2D eigenvalue weighted by molar-refractivity contribution is 6.00. The molecule has 2 atom stereocenters. The van der Waals surface area contributed by atoms with Gasteiger partial charge in [0, 0.05) is 23.6 Å². The van der Waals surface area contributed by atoms with Crippen LogP contribution in [-0.2, 0) is 33.6 Å². The summed E-state index contributed by atoms with van der Waals surface area (Å²) >= 11 is 0. The summed E-state index contributed by atoms with van der Waals surface area (Å²) in [5.41, 5.74) is 4.19. The van der Waals surface area contributed by atoms with Crippen LogP contribution in [0.4, 0.5) is 9.59 Å². The average molecular weight is 833 g/mol. The van der Waals surface area contributed by atoms with Gasteiger partial charge in [0.25, 0.3) is 0 Å². The Morgan fingerprint density at radius 1 is 0.532 bits per heavy atom. The van der Waals surface area contributed by atoms with Gasteiger partial charge in [-0.3, -0.25) is 18.8 Å². The molecule has 2 unspecified atom stereocenters. The van der Waals surface area contributed by atoms with E-state index in [0.717, 1.165) is 83.2 Å². The molecule has 0 fully saturated rings. The lowest BCUT2D eigenvalue weighted by Crippen LogP contribution is -2.42. The molecule has 0 N–H and O–H groups in total. The van der Waals surface area contributed by atoms with E-state index in [9.17, 15) is 9.59 Å². The van der Waals surface area contributed by atoms with Gasteiger partial charge in [-0.25, -0.2) is 9.59 Å². The molecule has 320 valence electrons. The van der Waals surface area contributed by atoms with Crippen LogP contribution in [0.5, 0.6) is 11.5 Å². The number of nitrogens with zero attached hydrogens (tertiary/aromatic N) is 4. The Morgan fingerprint density at radius 3 is 1.29 bits per heavy atom. The van der Waals surface area contributed by atoms with Crippen LogP contribution >= 0.6 is 0 Å². The first kappa shape index (κ1) is 43.6. The number of hydrogen-bond acceptors (Lipinski definition) is 6. The number of rotatable bonds is 14. The highest BCUT2D eigenvalue weighted by Gasteiger charge is 2.52. The summed E-state index contributed by atoms with van der Waals surface area (Å²) in [6.07, 6.45) is 8.45. The zero-order valence-electron chi connectivity index (χ0n) is 36.7. The monoisotopic (exact) mass is 832 g/mol. The molecule has 0 saturated heterocycles. The molecule has 0 radical (unpaired) electrons. The Morgan fingerprint density at radius 2 is 0.935 bits per heavy atom. The first-order valence-electron chi connectivity index (χ1n) is 21.6. The molecule has 4 heterocycles. The van der Waals surface area contributed by atoms with E-state index >= 15 is 0 Å². The van der Waals surface area contributed by atoms with Crippen LogP contribution in [0.15, 0.2) is 109 Å². The van der Waals surface area contributed by atoms with Crippen LogP contribution in [0.3, 0.4) is 0 Å². The van der Waals surface area contributed by atoms with E-state index in [1.165, 1.54) is 21.3 Å². The molecule has 0 saturated carbocycles. The lowest BCUT2D eigenvalue weighted by Gasteiger charge is -2.31. The van der Waals surface area contributed by atoms with Gasteiger partial charge in [0.15, 0.2) is 11.1 Å². The van der Waals surface area contributed by atoms with Crippen LogP contribution < -0.4 is 9.47 Å². The van der Waals surface area contributed by atoms with E-state index in [2.05, 4.69) is 61.8 Å². The summed E-state index contributed by atoms with van der Waals surface area (Å²) in [5.74, 6) is 15.1. The summed E-state index contributed by atoms with van der Waals surface area (Å²) in [7, 11) is 6.38. The predicted molar refractivity (Wildman–Crippen MR) is 244 cm³/mol. The van der Waals surface area contributed by atoms with E-state index in [0.29, 0.717) is 25.7 Å². The number of unbranched alkanes of at least 4 members (excludes halogenated alkanes) is 2. The number of benzene rings is 4. The van der Waals surface area contributed by atoms with E-state index in [4.69, 9.17) is 19.1 Å². The number of aryl methyl sites for hydroxylation is 2. The van der Waals surface area contributed by atoms with Crippen molar-refractivity contribution in [2.24, 2.45) is 0 Å². The average Bonchev–Trinajstić information content (AvgIpc) is 4.02. The maximum absolute atomic E-state index is 13.4. The number of aromatic nitrogens is 2. The summed E-state index contributed by atoms with van der Waals surface area (Å²) < 4.78 is 14.5. The van der Waals surface area contributed by atoms with Crippen molar-refractivity contribution in [3.63, 3.8) is 0 Å². The molecule has 62 heavy (non-hydrogen) atoms. The smallest absolute Gasteiger partial charge is 0.354 e. The lowest BCUT2D eigenvalue weighted by atomic mass is 9.89. The highest BCUT2D eigenvalue weighted by Crippen LogP contribution is 2.46. The third kappa shape index (κ3) is 8.04. The van der Waals surface area contributed by atoms with Crippen molar-refractivity contribution in [2.75, 3.05) is 28.4 Å². The maximum Gasteiger partial charge on any atom is 0.354 e. The molecule has 10 heteroatoms. The maximum atomic E-state index is 13.4. The SMILES string of the molecule is CCCCC1(C#CCCc2ccccc2)c2cc3c(OC)cccc3n2C(=O)N1OC.CCCCC1(C#CCCc2ccccc2)c2cc3c(OC)cccc3n2C(=O)N1OC. The van der Waals surface area contributed by atoms with Gasteiger partial charge in [-0.05, 0) is 86.1 Å². The molecule has 2 amide bonds. The minimum atomic E-state index is -0.817. The predicted octanol–water partition coefficient (Wildman–Crippen LogP) is 11.0. The lowest BCUT2D eigenvalue weighted by molar-refractivity contribution is -0.134. The number of carbonyl (C=O) groups excluding carboxylic acids is 2. The number of carbonyl (C=O) groups is 2. The molecule has 8 rings (SSSR count). The summed E-state index contributed by atoms with van der Waals surface area (Å²) in [6.45, 7) is 4.28. The molecule has 4 aromatic carbocycles. The van der Waals surface area contributed by atoms with Gasteiger partial charge in [0.1, 0.15) is 11.5 Å². The minimum Gasteiger partial charge on any atom is -0.496 e. The number of fused-ring (bicyclic) bond motifs is 6. The molecule has 0 aliphatic carbocycles. The quantitative estimate of drug-likeness (QED) is 0.102. The largest absolute Gasteiger partial charge is 0.496 e. The van der Waals surface area contributed by atoms with Crippen molar-refractivity contribution < 1.29 is 28.7 Å². The zero-order valence-corrected chi connectivity index (χ0v) is 36.7. The Hall–Kier alpha value is -6.46. The molecule has 6 aromatic rings. The van der Waals surface area contributed by atoms with Crippen LogP contribution in [0, 0.1) is 23.7 Å². The molecule has 2 aliphatic rings. The van der Waals surface area contributed by atoms with Crippen LogP contribution in [-0.4, -0.2) is 59.8 Å². The van der Waals surface area contributed by atoms with Gasteiger partial charge < -0.3 is 9.47 Å². The molecular weight excluding hydrogens is 777 g/mol. The fourth-order valence-electron chi connectivity index (χ4n) is 8.77. The number of amides is 2. The first-order chi connectivity index (χ1) is 30.3. The van der Waals surface area contributed by atoms with E-state index in [-0.39, 0.29) is 12.1 Å². The molecule has 2 aliphatic heterocycles. The molecular formula is C52H56N4O6. The van der Waals surface area contributed by atoms with Crippen molar-refractivity contribution in [1.29, 1.82) is 0 Å². The molecule has 0 spiro atoms. The summed E-state index contributed by atoms with van der Waals surface area (Å²) in [5, 5.41) is 4.73. The standard InChI is InChI=1S/2C26H28N2O3/c2*1-4-5-17-26(18-10-9-14-20-12-7-6-8-13-20)24-19-21-22(15-11-16-23(21)30-2)27(24)25(29)28(26)31-3/h2*6-8,11-13,15-16,19H,4-5,9,14,17H2,1-3H3. The number of ether oxygens (including phenoxy) is 2. The highest BCUT2D eigenvalue weighted by atomic mass is 16.7. The Balaban J connectivity index is 0.000000186. The molecule has 10 nitrogen and oxygen atoms in total. The second-order valence-corrected chi connectivity index (χ2v) is 15.5. The van der Waals surface area contributed by atoms with Crippen molar-refractivity contribution in [3.8, 4) is 35.2 Å². The molecule has 2 aromatic heterocycles. The van der Waals surface area contributed by atoms with Crippen molar-refractivity contribution in [2.45, 2.75) is 89.1 Å². The zero-order chi connectivity index (χ0) is 43.7. The van der Waals surface area contributed by atoms with Crippen molar-refractivity contribution >= 4 is 33.9 Å². The van der Waals surface area contributed by atoms with Crippen LogP contribution in [0.25, 0.3) is 21.8 Å². The second-order valence-electron chi connectivity index (χ2n) is 15.5. The summed E-state index contributed by atoms with van der Waals surface area (Å²) in [4.78, 5) is 38.0. The van der Waals surface area contributed by atoms with Gasteiger partial charge in [0.05, 0.1) is 50.9 Å². The first-order valence-corrected chi connectivity index (χ1v) is 21.6. The van der Waals surface area contributed by atoms with Gasteiger partial charge in [-0.15, -0.1) is 0 Å². The van der Waals surface area contributed by atoms with Crippen molar-refractivity contribution in [1.82, 2.24) is 19.3 Å². The summed E-state index contributed by atoms with van der Waals surface area (Å²) in [6, 6.07) is 35.8. The van der Waals surface area contributed by atoms with Crippen LogP contribution in [0.1, 0.15) is 87.7 Å². The van der Waals surface area contributed by atoms with Gasteiger partial charge in [0.2, 0.25) is 0 Å². The number of hydroxylamine groups is 4. The normalized spacial score (nSPS) is 17.5. The van der Waals surface area contributed by atoms with E-state index in [1.807, 2.05) is 84.9 Å². The fourth-order valence-corrected chi connectivity index (χ4v) is 8.77. The Bertz CT molecular complexity index is 2460. The van der Waals surface area contributed by atoms with Crippen molar-refractivity contribution in [3.05, 3.63) is 132 Å². The van der Waals surface area contributed by atoms with Gasteiger partial charge >= 0.3 is 12.1 Å². The Labute approximate surface area is 365 Å². The second kappa shape index (κ2) is 19.5. The van der Waals surface area contributed by atoms with Crippen LogP contribution in [0.2, 0.25) is 0 Å². The topological polar surface area (TPSA) is 87.4 Å². The number of hydrogen-bond donors (Lipinski definition) is 0. The minimum absolute atomic E-state index is 0.214. The van der Waals surface area contributed by atoms with Gasteiger partial charge in [-0.1, -0.05) is 123 Å². The third-order valence-corrected chi connectivity index (χ3v) is 11.8.